The van der Waals surface area contributed by atoms with Gasteiger partial charge in [-0.15, -0.1) is 3.96 Å². The lowest BCUT2D eigenvalue weighted by molar-refractivity contribution is -0.616. The third kappa shape index (κ3) is 4.56. The summed E-state index contributed by atoms with van der Waals surface area (Å²) >= 11 is 5.05. The predicted molar refractivity (Wildman–Crippen MR) is 92.7 cm³/mol. The highest BCUT2D eigenvalue weighted by molar-refractivity contribution is 9.10. The summed E-state index contributed by atoms with van der Waals surface area (Å²) in [5.74, 6) is -0.243. The smallest absolute Gasteiger partial charge is 0.373 e. The number of anilines is 1. The summed E-state index contributed by atoms with van der Waals surface area (Å²) in [6, 6.07) is 8.22. The van der Waals surface area contributed by atoms with E-state index in [1.807, 2.05) is 22.3 Å². The summed E-state index contributed by atoms with van der Waals surface area (Å²) in [6.07, 6.45) is 2.02. The molecule has 0 spiro atoms. The number of morpholine rings is 1. The van der Waals surface area contributed by atoms with Crippen LogP contribution >= 0.6 is 27.5 Å². The van der Waals surface area contributed by atoms with Crippen LogP contribution in [0.25, 0.3) is 11.1 Å². The van der Waals surface area contributed by atoms with E-state index in [0.717, 1.165) is 41.9 Å². The largest absolute Gasteiger partial charge is 1.00 e. The van der Waals surface area contributed by atoms with Crippen molar-refractivity contribution in [3.8, 4) is 11.1 Å². The van der Waals surface area contributed by atoms with Crippen LogP contribution in [0.4, 0.5) is 5.00 Å². The molecule has 130 valence electrons. The van der Waals surface area contributed by atoms with Crippen LogP contribution in [-0.4, -0.2) is 39.4 Å². The number of halogens is 2. The molecule has 1 aliphatic rings. The van der Waals surface area contributed by atoms with E-state index in [0.29, 0.717) is 0 Å². The summed E-state index contributed by atoms with van der Waals surface area (Å²) in [6.45, 7) is 3.42. The Morgan fingerprint density at radius 1 is 1.33 bits per heavy atom. The second-order valence-electron chi connectivity index (χ2n) is 5.20. The van der Waals surface area contributed by atoms with Crippen molar-refractivity contribution in [1.29, 1.82) is 0 Å². The first-order valence-corrected chi connectivity index (χ1v) is 8.93. The Morgan fingerprint density at radius 2 is 2.00 bits per heavy atom. The van der Waals surface area contributed by atoms with Crippen molar-refractivity contribution in [2.45, 2.75) is 6.54 Å². The van der Waals surface area contributed by atoms with Gasteiger partial charge >= 0.3 is 5.97 Å². The van der Waals surface area contributed by atoms with Gasteiger partial charge in [0.15, 0.2) is 22.7 Å². The van der Waals surface area contributed by atoms with E-state index in [4.69, 9.17) is 9.47 Å². The van der Waals surface area contributed by atoms with Crippen LogP contribution in [-0.2, 0) is 20.8 Å². The normalized spacial score (nSPS) is 14.2. The Hall–Kier alpha value is -0.960. The minimum Gasteiger partial charge on any atom is -1.00 e. The number of methoxy groups -OCH3 is 1. The minimum absolute atomic E-state index is 0. The molecular formula is C16H18Br2N2O3S. The van der Waals surface area contributed by atoms with E-state index in [2.05, 4.69) is 33.0 Å². The monoisotopic (exact) mass is 476 g/mol. The van der Waals surface area contributed by atoms with Crippen molar-refractivity contribution in [2.75, 3.05) is 38.3 Å². The van der Waals surface area contributed by atoms with Crippen molar-refractivity contribution in [2.24, 2.45) is 0 Å². The van der Waals surface area contributed by atoms with Gasteiger partial charge in [0, 0.05) is 17.6 Å². The lowest BCUT2D eigenvalue weighted by atomic mass is 10.1. The Balaban J connectivity index is 0.00000208. The summed E-state index contributed by atoms with van der Waals surface area (Å²) in [5, 5.41) is 1.17. The zero-order chi connectivity index (χ0) is 16.2. The summed E-state index contributed by atoms with van der Waals surface area (Å²) in [7, 11) is 1.41. The third-order valence-electron chi connectivity index (χ3n) is 3.67. The highest BCUT2D eigenvalue weighted by Gasteiger charge is 2.25. The van der Waals surface area contributed by atoms with Crippen LogP contribution in [0.15, 0.2) is 34.9 Å². The van der Waals surface area contributed by atoms with Gasteiger partial charge in [0.1, 0.15) is 0 Å². The van der Waals surface area contributed by atoms with Gasteiger partial charge in [0.05, 0.1) is 25.9 Å². The van der Waals surface area contributed by atoms with E-state index in [-0.39, 0.29) is 29.5 Å². The van der Waals surface area contributed by atoms with E-state index in [1.165, 1.54) is 12.1 Å². The fourth-order valence-electron chi connectivity index (χ4n) is 2.48. The maximum absolute atomic E-state index is 11.6. The molecule has 0 amide bonds. The van der Waals surface area contributed by atoms with Crippen LogP contribution in [0, 0.1) is 0 Å². The van der Waals surface area contributed by atoms with Crippen molar-refractivity contribution in [3.63, 3.8) is 0 Å². The molecule has 1 saturated heterocycles. The molecule has 1 fully saturated rings. The van der Waals surface area contributed by atoms with Gasteiger partial charge in [-0.3, -0.25) is 0 Å². The second-order valence-corrected chi connectivity index (χ2v) is 7.15. The molecule has 1 aromatic heterocycles. The zero-order valence-corrected chi connectivity index (χ0v) is 17.2. The average Bonchev–Trinajstić information content (AvgIpc) is 3.00. The first-order chi connectivity index (χ1) is 11.2. The molecule has 0 N–H and O–H groups in total. The van der Waals surface area contributed by atoms with Gasteiger partial charge in [-0.25, -0.2) is 4.79 Å². The van der Waals surface area contributed by atoms with Crippen LogP contribution in [0.5, 0.6) is 0 Å². The van der Waals surface area contributed by atoms with Gasteiger partial charge < -0.3 is 31.4 Å². The third-order valence-corrected chi connectivity index (χ3v) is 5.32. The van der Waals surface area contributed by atoms with E-state index in [9.17, 15) is 4.79 Å². The maximum Gasteiger partial charge on any atom is 0.373 e. The van der Waals surface area contributed by atoms with Crippen LogP contribution in [0.1, 0.15) is 0 Å². The number of aromatic nitrogens is 1. The number of ether oxygens (including phenoxy) is 2. The molecule has 2 aromatic rings. The number of carbonyl (C=O) groups excluding carboxylic acids is 1. The second kappa shape index (κ2) is 8.94. The number of hydrogen-bond donors (Lipinski definition) is 0. The molecule has 0 aliphatic carbocycles. The Kier molecular flexibility index (Phi) is 7.21. The Labute approximate surface area is 164 Å². The van der Waals surface area contributed by atoms with Crippen LogP contribution in [0.2, 0.25) is 0 Å². The fraction of sp³-hybridized carbons (Fsp3) is 0.375. The summed E-state index contributed by atoms with van der Waals surface area (Å²) < 4.78 is 13.2. The summed E-state index contributed by atoms with van der Waals surface area (Å²) in [4.78, 5) is 13.9. The maximum atomic E-state index is 11.6. The molecule has 8 heteroatoms. The quantitative estimate of drug-likeness (QED) is 0.439. The van der Waals surface area contributed by atoms with Crippen molar-refractivity contribution >= 4 is 38.4 Å². The van der Waals surface area contributed by atoms with Gasteiger partial charge in [0.2, 0.25) is 0 Å². The van der Waals surface area contributed by atoms with E-state index < -0.39 is 0 Å². The SMILES string of the molecule is COC(=O)C[n+]1cc(-c2ccc(Br)cc2)c(N2CCOCC2)s1.[Br-]. The number of nitrogens with zero attached hydrogens (tertiary/aromatic N) is 2. The highest BCUT2D eigenvalue weighted by atomic mass is 79.9. The van der Waals surface area contributed by atoms with Crippen LogP contribution < -0.4 is 25.8 Å². The molecule has 0 unspecified atom stereocenters. The number of benzene rings is 1. The molecular weight excluding hydrogens is 460 g/mol. The first-order valence-electron chi connectivity index (χ1n) is 7.36. The number of hydrogen-bond acceptors (Lipinski definition) is 5. The van der Waals surface area contributed by atoms with E-state index >= 15 is 0 Å². The van der Waals surface area contributed by atoms with Crippen molar-refractivity contribution < 1.29 is 35.2 Å². The number of rotatable bonds is 4. The molecule has 3 rings (SSSR count). The Morgan fingerprint density at radius 3 is 2.62 bits per heavy atom. The molecule has 0 radical (unpaired) electrons. The number of carbonyl (C=O) groups is 1. The minimum atomic E-state index is -0.243. The Bertz CT molecular complexity index is 685. The van der Waals surface area contributed by atoms with Crippen LogP contribution in [0.3, 0.4) is 0 Å². The number of esters is 1. The van der Waals surface area contributed by atoms with Gasteiger partial charge in [0.25, 0.3) is 6.54 Å². The molecule has 5 nitrogen and oxygen atoms in total. The molecule has 2 heterocycles. The molecule has 0 atom stereocenters. The molecule has 1 aromatic carbocycles. The van der Waals surface area contributed by atoms with Gasteiger partial charge in [-0.2, -0.15) is 0 Å². The standard InChI is InChI=1S/C16H18BrN2O3S.BrH/c1-21-15(20)11-19-10-14(12-2-4-13(17)5-3-12)16(23-19)18-6-8-22-9-7-18;/h2-5,10H,6-9,11H2,1H3;1H/q+1;/p-1. The highest BCUT2D eigenvalue weighted by Crippen LogP contribution is 2.34. The van der Waals surface area contributed by atoms with E-state index in [1.54, 1.807) is 11.5 Å². The molecule has 1 aliphatic heterocycles. The van der Waals surface area contributed by atoms with Gasteiger partial charge in [-0.1, -0.05) is 28.1 Å². The lowest BCUT2D eigenvalue weighted by Gasteiger charge is -2.26. The molecule has 0 bridgehead atoms. The average molecular weight is 478 g/mol. The summed E-state index contributed by atoms with van der Waals surface area (Å²) in [5.41, 5.74) is 2.27. The lowest BCUT2D eigenvalue weighted by Crippen LogP contribution is -3.00. The molecule has 24 heavy (non-hydrogen) atoms. The topological polar surface area (TPSA) is 42.7 Å². The first kappa shape index (κ1) is 19.4. The van der Waals surface area contributed by atoms with Crippen molar-refractivity contribution in [3.05, 3.63) is 34.9 Å². The van der Waals surface area contributed by atoms with Crippen molar-refractivity contribution in [1.82, 2.24) is 0 Å². The fourth-order valence-corrected chi connectivity index (χ4v) is 3.86. The molecule has 0 saturated carbocycles. The zero-order valence-electron chi connectivity index (χ0n) is 13.2. The predicted octanol–water partition coefficient (Wildman–Crippen LogP) is -0.521. The van der Waals surface area contributed by atoms with Gasteiger partial charge in [-0.05, 0) is 17.7 Å².